The molecule has 98 valence electrons. The van der Waals surface area contributed by atoms with Crippen molar-refractivity contribution in [3.63, 3.8) is 0 Å². The predicted octanol–water partition coefficient (Wildman–Crippen LogP) is 3.29. The Labute approximate surface area is 114 Å². The summed E-state index contributed by atoms with van der Waals surface area (Å²) in [6, 6.07) is 9.53. The Morgan fingerprint density at radius 3 is 2.68 bits per heavy atom. The molecule has 2 rings (SSSR count). The fraction of sp³-hybridized carbons (Fsp3) is 0.143. The molecular formula is C14H11ClFNO2. The largest absolute Gasteiger partial charge is 0.481 e. The van der Waals surface area contributed by atoms with Crippen molar-refractivity contribution >= 4 is 17.6 Å². The van der Waals surface area contributed by atoms with Crippen LogP contribution in [0.15, 0.2) is 42.6 Å². The van der Waals surface area contributed by atoms with Gasteiger partial charge >= 0.3 is 5.97 Å². The number of benzene rings is 1. The molecule has 5 heteroatoms. The first kappa shape index (κ1) is 13.5. The maximum atomic E-state index is 13.6. The molecule has 0 aliphatic rings. The van der Waals surface area contributed by atoms with Crippen LogP contribution in [-0.4, -0.2) is 16.1 Å². The molecule has 0 amide bonds. The second-order valence-corrected chi connectivity index (χ2v) is 4.46. The molecule has 0 spiro atoms. The highest BCUT2D eigenvalue weighted by atomic mass is 35.5. The maximum Gasteiger partial charge on any atom is 0.313 e. The third-order valence-corrected chi connectivity index (χ3v) is 3.17. The SMILES string of the molecule is O=C(O)C(Cc1ccccc1Cl)c1ncccc1F. The van der Waals surface area contributed by atoms with Gasteiger partial charge in [0.15, 0.2) is 0 Å². The topological polar surface area (TPSA) is 50.2 Å². The van der Waals surface area contributed by atoms with Crippen LogP contribution in [0.2, 0.25) is 5.02 Å². The van der Waals surface area contributed by atoms with Crippen LogP contribution in [0.1, 0.15) is 17.2 Å². The first-order valence-electron chi connectivity index (χ1n) is 5.66. The number of aliphatic carboxylic acids is 1. The van der Waals surface area contributed by atoms with Gasteiger partial charge in [0.25, 0.3) is 0 Å². The van der Waals surface area contributed by atoms with Crippen molar-refractivity contribution in [2.24, 2.45) is 0 Å². The second-order valence-electron chi connectivity index (χ2n) is 4.06. The van der Waals surface area contributed by atoms with Gasteiger partial charge in [-0.3, -0.25) is 9.78 Å². The summed E-state index contributed by atoms with van der Waals surface area (Å²) in [7, 11) is 0. The number of pyridine rings is 1. The van der Waals surface area contributed by atoms with E-state index in [1.54, 1.807) is 24.3 Å². The highest BCUT2D eigenvalue weighted by Crippen LogP contribution is 2.25. The Bertz CT molecular complexity index is 604. The first-order valence-corrected chi connectivity index (χ1v) is 6.04. The molecule has 1 aromatic carbocycles. The standard InChI is InChI=1S/C14H11ClFNO2/c15-11-5-2-1-4-9(11)8-10(14(18)19)13-12(16)6-3-7-17-13/h1-7,10H,8H2,(H,18,19). The van der Waals surface area contributed by atoms with E-state index in [9.17, 15) is 14.3 Å². The van der Waals surface area contributed by atoms with Gasteiger partial charge in [-0.05, 0) is 30.2 Å². The number of rotatable bonds is 4. The fourth-order valence-corrected chi connectivity index (χ4v) is 2.05. The van der Waals surface area contributed by atoms with Crippen LogP contribution < -0.4 is 0 Å². The van der Waals surface area contributed by atoms with E-state index in [1.165, 1.54) is 18.3 Å². The smallest absolute Gasteiger partial charge is 0.313 e. The molecular weight excluding hydrogens is 269 g/mol. The molecule has 0 aliphatic carbocycles. The molecule has 0 fully saturated rings. The molecule has 1 heterocycles. The van der Waals surface area contributed by atoms with Crippen LogP contribution in [-0.2, 0) is 11.2 Å². The van der Waals surface area contributed by atoms with Crippen molar-refractivity contribution < 1.29 is 14.3 Å². The average Bonchev–Trinajstić information content (AvgIpc) is 2.38. The zero-order valence-corrected chi connectivity index (χ0v) is 10.6. The third kappa shape index (κ3) is 3.09. The number of carboxylic acid groups (broad SMARTS) is 1. The van der Waals surface area contributed by atoms with Gasteiger partial charge in [-0.1, -0.05) is 29.8 Å². The van der Waals surface area contributed by atoms with E-state index in [2.05, 4.69) is 4.98 Å². The highest BCUT2D eigenvalue weighted by Gasteiger charge is 2.25. The van der Waals surface area contributed by atoms with Gasteiger partial charge in [-0.2, -0.15) is 0 Å². The molecule has 1 N–H and O–H groups in total. The molecule has 1 unspecified atom stereocenters. The minimum Gasteiger partial charge on any atom is -0.481 e. The fourth-order valence-electron chi connectivity index (χ4n) is 1.84. The average molecular weight is 280 g/mol. The molecule has 3 nitrogen and oxygen atoms in total. The maximum absolute atomic E-state index is 13.6. The predicted molar refractivity (Wildman–Crippen MR) is 69.7 cm³/mol. The summed E-state index contributed by atoms with van der Waals surface area (Å²) >= 11 is 5.99. The quantitative estimate of drug-likeness (QED) is 0.934. The molecule has 0 saturated carbocycles. The van der Waals surface area contributed by atoms with Crippen molar-refractivity contribution in [2.75, 3.05) is 0 Å². The van der Waals surface area contributed by atoms with Crippen molar-refractivity contribution in [1.82, 2.24) is 4.98 Å². The zero-order chi connectivity index (χ0) is 13.8. The first-order chi connectivity index (χ1) is 9.09. The van der Waals surface area contributed by atoms with E-state index in [0.29, 0.717) is 10.6 Å². The Morgan fingerprint density at radius 2 is 2.05 bits per heavy atom. The molecule has 0 aliphatic heterocycles. The molecule has 0 saturated heterocycles. The van der Waals surface area contributed by atoms with E-state index in [4.69, 9.17) is 11.6 Å². The molecule has 1 aromatic heterocycles. The summed E-state index contributed by atoms with van der Waals surface area (Å²) in [5.74, 6) is -2.81. The van der Waals surface area contributed by atoms with Gasteiger partial charge in [0, 0.05) is 11.2 Å². The number of nitrogens with zero attached hydrogens (tertiary/aromatic N) is 1. The van der Waals surface area contributed by atoms with E-state index < -0.39 is 17.7 Å². The van der Waals surface area contributed by atoms with Crippen LogP contribution >= 0.6 is 11.6 Å². The summed E-state index contributed by atoms with van der Waals surface area (Å²) in [5, 5.41) is 9.72. The lowest BCUT2D eigenvalue weighted by atomic mass is 9.95. The van der Waals surface area contributed by atoms with Gasteiger partial charge in [-0.15, -0.1) is 0 Å². The van der Waals surface area contributed by atoms with E-state index in [-0.39, 0.29) is 12.1 Å². The lowest BCUT2D eigenvalue weighted by molar-refractivity contribution is -0.138. The Kier molecular flexibility index (Phi) is 4.12. The number of halogens is 2. The summed E-state index contributed by atoms with van der Waals surface area (Å²) in [5.41, 5.74) is 0.580. The summed E-state index contributed by atoms with van der Waals surface area (Å²) in [6.07, 6.45) is 1.48. The van der Waals surface area contributed by atoms with Crippen molar-refractivity contribution in [3.8, 4) is 0 Å². The zero-order valence-electron chi connectivity index (χ0n) is 9.88. The van der Waals surface area contributed by atoms with Crippen LogP contribution in [0.4, 0.5) is 4.39 Å². The van der Waals surface area contributed by atoms with E-state index >= 15 is 0 Å². The van der Waals surface area contributed by atoms with Crippen molar-refractivity contribution in [3.05, 3.63) is 64.7 Å². The summed E-state index contributed by atoms with van der Waals surface area (Å²) in [6.45, 7) is 0. The van der Waals surface area contributed by atoms with Gasteiger partial charge in [0.05, 0.1) is 5.69 Å². The Morgan fingerprint density at radius 1 is 1.32 bits per heavy atom. The van der Waals surface area contributed by atoms with E-state index in [0.717, 1.165) is 0 Å². The third-order valence-electron chi connectivity index (χ3n) is 2.80. The Balaban J connectivity index is 2.35. The monoisotopic (exact) mass is 279 g/mol. The van der Waals surface area contributed by atoms with Crippen LogP contribution in [0.25, 0.3) is 0 Å². The van der Waals surface area contributed by atoms with Crippen molar-refractivity contribution in [1.29, 1.82) is 0 Å². The number of carboxylic acids is 1. The molecule has 19 heavy (non-hydrogen) atoms. The lowest BCUT2D eigenvalue weighted by Gasteiger charge is -2.13. The van der Waals surface area contributed by atoms with Crippen LogP contribution in [0.5, 0.6) is 0 Å². The Hall–Kier alpha value is -1.94. The molecule has 0 radical (unpaired) electrons. The van der Waals surface area contributed by atoms with E-state index in [1.807, 2.05) is 0 Å². The molecule has 2 aromatic rings. The minimum atomic E-state index is -1.13. The highest BCUT2D eigenvalue weighted by molar-refractivity contribution is 6.31. The number of hydrogen-bond acceptors (Lipinski definition) is 2. The number of carbonyl (C=O) groups is 1. The number of aromatic nitrogens is 1. The second kappa shape index (κ2) is 5.80. The van der Waals surface area contributed by atoms with Gasteiger partial charge < -0.3 is 5.11 Å². The molecule has 1 atom stereocenters. The van der Waals surface area contributed by atoms with Crippen LogP contribution in [0, 0.1) is 5.82 Å². The minimum absolute atomic E-state index is 0.0741. The normalized spacial score (nSPS) is 12.1. The number of hydrogen-bond donors (Lipinski definition) is 1. The van der Waals surface area contributed by atoms with Crippen LogP contribution in [0.3, 0.4) is 0 Å². The molecule has 0 bridgehead atoms. The van der Waals surface area contributed by atoms with Gasteiger partial charge in [0.1, 0.15) is 11.7 Å². The summed E-state index contributed by atoms with van der Waals surface area (Å²) in [4.78, 5) is 15.1. The lowest BCUT2D eigenvalue weighted by Crippen LogP contribution is -2.17. The van der Waals surface area contributed by atoms with Crippen molar-refractivity contribution in [2.45, 2.75) is 12.3 Å². The van der Waals surface area contributed by atoms with Gasteiger partial charge in [-0.25, -0.2) is 4.39 Å². The summed E-state index contributed by atoms with van der Waals surface area (Å²) < 4.78 is 13.6. The van der Waals surface area contributed by atoms with Gasteiger partial charge in [0.2, 0.25) is 0 Å².